The third-order valence-electron chi connectivity index (χ3n) is 4.43. The van der Waals surface area contributed by atoms with Gasteiger partial charge in [0.25, 0.3) is 10.2 Å². The Kier molecular flexibility index (Phi) is 4.46. The molecular weight excluding hydrogens is 314 g/mol. The molecule has 2 heterocycles. The molecule has 126 valence electrons. The number of fused-ring (bicyclic) bond motifs is 1. The van der Waals surface area contributed by atoms with Crippen LogP contribution < -0.4 is 0 Å². The fraction of sp³-hybridized carbons (Fsp3) is 0.500. The summed E-state index contributed by atoms with van der Waals surface area (Å²) in [5, 5.41) is 1.15. The van der Waals surface area contributed by atoms with Gasteiger partial charge in [0.05, 0.1) is 6.54 Å². The van der Waals surface area contributed by atoms with Crippen molar-refractivity contribution in [3.8, 4) is 0 Å². The van der Waals surface area contributed by atoms with E-state index in [9.17, 15) is 8.42 Å². The van der Waals surface area contributed by atoms with E-state index in [4.69, 9.17) is 4.42 Å². The minimum absolute atomic E-state index is 0.514. The predicted octanol–water partition coefficient (Wildman–Crippen LogP) is 1.67. The molecule has 1 aliphatic heterocycles. The zero-order chi connectivity index (χ0) is 16.6. The summed E-state index contributed by atoms with van der Waals surface area (Å²) in [5.41, 5.74) is 2.08. The van der Waals surface area contributed by atoms with Crippen molar-refractivity contribution in [1.82, 2.24) is 13.5 Å². The number of aryl methyl sites for hydroxylation is 1. The number of hydrogen-bond acceptors (Lipinski definition) is 4. The van der Waals surface area contributed by atoms with Crippen LogP contribution in [0.3, 0.4) is 0 Å². The number of piperazine rings is 1. The molecule has 1 aromatic heterocycles. The van der Waals surface area contributed by atoms with Crippen molar-refractivity contribution in [2.45, 2.75) is 13.5 Å². The summed E-state index contributed by atoms with van der Waals surface area (Å²) in [7, 11) is -0.171. The Morgan fingerprint density at radius 3 is 2.39 bits per heavy atom. The van der Waals surface area contributed by atoms with Gasteiger partial charge in [0, 0.05) is 45.7 Å². The van der Waals surface area contributed by atoms with Crippen molar-refractivity contribution in [3.63, 3.8) is 0 Å². The molecule has 1 aliphatic rings. The maximum Gasteiger partial charge on any atom is 0.281 e. The van der Waals surface area contributed by atoms with Crippen LogP contribution in [0.25, 0.3) is 11.0 Å². The molecule has 0 radical (unpaired) electrons. The molecule has 1 saturated heterocycles. The Morgan fingerprint density at radius 2 is 1.78 bits per heavy atom. The summed E-state index contributed by atoms with van der Waals surface area (Å²) in [4.78, 5) is 2.24. The Morgan fingerprint density at radius 1 is 1.13 bits per heavy atom. The van der Waals surface area contributed by atoms with Gasteiger partial charge >= 0.3 is 0 Å². The highest BCUT2D eigenvalue weighted by Gasteiger charge is 2.29. The first-order valence-corrected chi connectivity index (χ1v) is 9.16. The minimum Gasteiger partial charge on any atom is -0.459 e. The lowest BCUT2D eigenvalue weighted by Crippen LogP contribution is -2.51. The van der Waals surface area contributed by atoms with Gasteiger partial charge in [-0.05, 0) is 18.6 Å². The average molecular weight is 337 g/mol. The molecule has 3 rings (SSSR count). The van der Waals surface area contributed by atoms with Gasteiger partial charge in [0.1, 0.15) is 11.3 Å². The molecule has 0 bridgehead atoms. The van der Waals surface area contributed by atoms with E-state index in [1.54, 1.807) is 14.1 Å². The van der Waals surface area contributed by atoms with Gasteiger partial charge in [-0.1, -0.05) is 18.2 Å². The number of nitrogens with zero attached hydrogens (tertiary/aromatic N) is 3. The predicted molar refractivity (Wildman–Crippen MR) is 90.4 cm³/mol. The minimum atomic E-state index is -3.31. The second-order valence-electron chi connectivity index (χ2n) is 6.11. The van der Waals surface area contributed by atoms with E-state index in [1.165, 1.54) is 14.2 Å². The maximum absolute atomic E-state index is 12.1. The molecule has 0 N–H and O–H groups in total. The highest BCUT2D eigenvalue weighted by molar-refractivity contribution is 7.86. The molecular formula is C16H23N3O3S. The van der Waals surface area contributed by atoms with E-state index in [2.05, 4.69) is 17.9 Å². The molecule has 0 atom stereocenters. The van der Waals surface area contributed by atoms with Crippen molar-refractivity contribution in [2.75, 3.05) is 40.3 Å². The van der Waals surface area contributed by atoms with Crippen LogP contribution in [-0.2, 0) is 16.8 Å². The molecule has 1 aromatic carbocycles. The third kappa shape index (κ3) is 3.14. The molecule has 0 spiro atoms. The van der Waals surface area contributed by atoms with Crippen LogP contribution in [0.2, 0.25) is 0 Å². The van der Waals surface area contributed by atoms with E-state index in [0.717, 1.165) is 23.3 Å². The van der Waals surface area contributed by atoms with Gasteiger partial charge in [-0.25, -0.2) is 0 Å². The van der Waals surface area contributed by atoms with E-state index in [0.29, 0.717) is 26.2 Å². The SMILES string of the molecule is Cc1c(CN2CCN(S(=O)(=O)N(C)C)CC2)oc2ccccc12. The van der Waals surface area contributed by atoms with Crippen LogP contribution in [0, 0.1) is 6.92 Å². The molecule has 0 saturated carbocycles. The molecule has 0 aliphatic carbocycles. The topological polar surface area (TPSA) is 57.0 Å². The molecule has 6 nitrogen and oxygen atoms in total. The van der Waals surface area contributed by atoms with Crippen LogP contribution in [0.1, 0.15) is 11.3 Å². The highest BCUT2D eigenvalue weighted by Crippen LogP contribution is 2.26. The maximum atomic E-state index is 12.1. The Hall–Kier alpha value is -1.41. The zero-order valence-corrected chi connectivity index (χ0v) is 14.6. The lowest BCUT2D eigenvalue weighted by Gasteiger charge is -2.34. The number of rotatable bonds is 4. The largest absolute Gasteiger partial charge is 0.459 e. The van der Waals surface area contributed by atoms with Gasteiger partial charge in [0.15, 0.2) is 0 Å². The molecule has 7 heteroatoms. The first kappa shape index (κ1) is 16.4. The lowest BCUT2D eigenvalue weighted by atomic mass is 10.1. The Bertz CT molecular complexity index is 790. The number of furan rings is 1. The summed E-state index contributed by atoms with van der Waals surface area (Å²) in [5.74, 6) is 0.968. The van der Waals surface area contributed by atoms with E-state index in [1.807, 2.05) is 18.2 Å². The lowest BCUT2D eigenvalue weighted by molar-refractivity contribution is 0.168. The van der Waals surface area contributed by atoms with Gasteiger partial charge < -0.3 is 4.42 Å². The monoisotopic (exact) mass is 337 g/mol. The molecule has 2 aromatic rings. The van der Waals surface area contributed by atoms with E-state index >= 15 is 0 Å². The van der Waals surface area contributed by atoms with E-state index < -0.39 is 10.2 Å². The highest BCUT2D eigenvalue weighted by atomic mass is 32.2. The fourth-order valence-electron chi connectivity index (χ4n) is 2.93. The first-order valence-electron chi connectivity index (χ1n) is 7.76. The van der Waals surface area contributed by atoms with Gasteiger partial charge in [-0.15, -0.1) is 0 Å². The normalized spacial score (nSPS) is 18.1. The molecule has 0 amide bonds. The van der Waals surface area contributed by atoms with E-state index in [-0.39, 0.29) is 0 Å². The summed E-state index contributed by atoms with van der Waals surface area (Å²) < 4.78 is 33.0. The van der Waals surface area contributed by atoms with Crippen molar-refractivity contribution in [1.29, 1.82) is 0 Å². The molecule has 0 unspecified atom stereocenters. The molecule has 23 heavy (non-hydrogen) atoms. The Balaban J connectivity index is 1.68. The van der Waals surface area contributed by atoms with Crippen LogP contribution in [-0.4, -0.2) is 62.2 Å². The first-order chi connectivity index (χ1) is 10.9. The third-order valence-corrected chi connectivity index (χ3v) is 6.37. The quantitative estimate of drug-likeness (QED) is 0.851. The smallest absolute Gasteiger partial charge is 0.281 e. The standard InChI is InChI=1S/C16H23N3O3S/c1-13-14-6-4-5-7-15(14)22-16(13)12-18-8-10-19(11-9-18)23(20,21)17(2)3/h4-7H,8-12H2,1-3H3. The summed E-state index contributed by atoms with van der Waals surface area (Å²) in [6, 6.07) is 8.03. The summed E-state index contributed by atoms with van der Waals surface area (Å²) in [6.45, 7) is 5.25. The van der Waals surface area contributed by atoms with Crippen molar-refractivity contribution in [2.24, 2.45) is 0 Å². The fourth-order valence-corrected chi connectivity index (χ4v) is 4.01. The molecule has 1 fully saturated rings. The summed E-state index contributed by atoms with van der Waals surface area (Å²) >= 11 is 0. The van der Waals surface area contributed by atoms with Gasteiger partial charge in [-0.3, -0.25) is 4.90 Å². The van der Waals surface area contributed by atoms with Crippen LogP contribution in [0.4, 0.5) is 0 Å². The number of para-hydroxylation sites is 1. The van der Waals surface area contributed by atoms with Gasteiger partial charge in [-0.2, -0.15) is 17.0 Å². The van der Waals surface area contributed by atoms with Crippen molar-refractivity contribution < 1.29 is 12.8 Å². The second kappa shape index (κ2) is 6.24. The van der Waals surface area contributed by atoms with Gasteiger partial charge in [0.2, 0.25) is 0 Å². The number of hydrogen-bond donors (Lipinski definition) is 0. The summed E-state index contributed by atoms with van der Waals surface area (Å²) in [6.07, 6.45) is 0. The Labute approximate surface area is 137 Å². The van der Waals surface area contributed by atoms with Crippen molar-refractivity contribution in [3.05, 3.63) is 35.6 Å². The van der Waals surface area contributed by atoms with Crippen LogP contribution in [0.5, 0.6) is 0 Å². The van der Waals surface area contributed by atoms with Crippen LogP contribution >= 0.6 is 0 Å². The zero-order valence-electron chi connectivity index (χ0n) is 13.8. The second-order valence-corrected chi connectivity index (χ2v) is 8.25. The number of benzene rings is 1. The van der Waals surface area contributed by atoms with Crippen LogP contribution in [0.15, 0.2) is 28.7 Å². The average Bonchev–Trinajstić information content (AvgIpc) is 2.84. The van der Waals surface area contributed by atoms with Crippen molar-refractivity contribution >= 4 is 21.2 Å².